The number of aliphatic hydroxyl groups is 1. The van der Waals surface area contributed by atoms with Crippen LogP contribution < -0.4 is 21.3 Å². The number of hydrogen-bond acceptors (Lipinski definition) is 10. The van der Waals surface area contributed by atoms with Gasteiger partial charge in [0.1, 0.15) is 17.8 Å². The number of hydrogen-bond donors (Lipinski definition) is 4. The highest BCUT2D eigenvalue weighted by Gasteiger charge is 2.28. The van der Waals surface area contributed by atoms with Crippen LogP contribution in [0.4, 0.5) is 11.4 Å². The average molecular weight is 485 g/mol. The molecule has 4 N–H and O–H groups in total. The first kappa shape index (κ1) is 23.5. The number of anilines is 2. The van der Waals surface area contributed by atoms with Crippen molar-refractivity contribution in [1.29, 1.82) is 10.5 Å². The van der Waals surface area contributed by atoms with Crippen LogP contribution in [0.15, 0.2) is 42.6 Å². The second kappa shape index (κ2) is 10.2. The third kappa shape index (κ3) is 4.67. The number of rotatable bonds is 7. The van der Waals surface area contributed by atoms with Gasteiger partial charge in [0.15, 0.2) is 11.5 Å². The minimum Gasteiger partial charge on any atom is -0.396 e. The maximum Gasteiger partial charge on any atom is 0.164 e. The van der Waals surface area contributed by atoms with Crippen molar-refractivity contribution in [1.82, 2.24) is 30.7 Å². The maximum atomic E-state index is 9.42. The summed E-state index contributed by atoms with van der Waals surface area (Å²) in [4.78, 5) is 9.01. The van der Waals surface area contributed by atoms with E-state index in [0.29, 0.717) is 34.6 Å². The molecule has 184 valence electrons. The van der Waals surface area contributed by atoms with Gasteiger partial charge in [0.2, 0.25) is 0 Å². The summed E-state index contributed by atoms with van der Waals surface area (Å²) < 4.78 is 1.62. The number of allylic oxidation sites excluding steroid dienone is 1. The SMILES string of the molecule is C[C@H](C#N)Nc1cc(-n2ncc3cc(C#N)cnc32)ncc1N1C=C(C2CCC(CCO)CC2)NN1. The molecule has 3 aromatic heterocycles. The predicted octanol–water partition coefficient (Wildman–Crippen LogP) is 2.87. The summed E-state index contributed by atoms with van der Waals surface area (Å²) in [5.74, 6) is 1.58. The Labute approximate surface area is 209 Å². The fraction of sp³-hybridized carbons (Fsp3) is 0.400. The van der Waals surface area contributed by atoms with Crippen LogP contribution >= 0.6 is 0 Å². The Hall–Kier alpha value is -4.19. The third-order valence-electron chi connectivity index (χ3n) is 6.86. The maximum absolute atomic E-state index is 9.42. The Morgan fingerprint density at radius 2 is 2.00 bits per heavy atom. The fourth-order valence-corrected chi connectivity index (χ4v) is 4.89. The second-order valence-electron chi connectivity index (χ2n) is 9.28. The van der Waals surface area contributed by atoms with Crippen molar-refractivity contribution >= 4 is 22.4 Å². The van der Waals surface area contributed by atoms with Crippen molar-refractivity contribution in [3.63, 3.8) is 0 Å². The molecule has 1 saturated carbocycles. The van der Waals surface area contributed by atoms with Gasteiger partial charge in [-0.25, -0.2) is 9.97 Å². The Morgan fingerprint density at radius 3 is 2.75 bits per heavy atom. The summed E-state index contributed by atoms with van der Waals surface area (Å²) in [6, 6.07) is 7.45. The quantitative estimate of drug-likeness (QED) is 0.394. The van der Waals surface area contributed by atoms with E-state index in [1.807, 2.05) is 17.3 Å². The summed E-state index contributed by atoms with van der Waals surface area (Å²) in [5.41, 5.74) is 10.2. The highest BCUT2D eigenvalue weighted by atomic mass is 16.3. The number of hydrazine groups is 2. The molecule has 36 heavy (non-hydrogen) atoms. The molecule has 5 rings (SSSR count). The lowest BCUT2D eigenvalue weighted by molar-refractivity contribution is 0.213. The fourth-order valence-electron chi connectivity index (χ4n) is 4.89. The van der Waals surface area contributed by atoms with Crippen LogP contribution in [-0.2, 0) is 0 Å². The molecule has 1 fully saturated rings. The largest absolute Gasteiger partial charge is 0.396 e. The zero-order valence-electron chi connectivity index (χ0n) is 20.0. The van der Waals surface area contributed by atoms with Gasteiger partial charge in [-0.1, -0.05) is 0 Å². The van der Waals surface area contributed by atoms with Crippen molar-refractivity contribution in [2.45, 2.75) is 45.1 Å². The van der Waals surface area contributed by atoms with Gasteiger partial charge >= 0.3 is 0 Å². The molecular weight excluding hydrogens is 456 g/mol. The number of pyridine rings is 2. The van der Waals surface area contributed by atoms with Crippen LogP contribution in [-0.4, -0.2) is 37.5 Å². The Kier molecular flexibility index (Phi) is 6.67. The number of fused-ring (bicyclic) bond motifs is 1. The molecule has 1 aliphatic carbocycles. The van der Waals surface area contributed by atoms with E-state index in [1.54, 1.807) is 30.1 Å². The molecule has 1 aliphatic heterocycles. The lowest BCUT2D eigenvalue weighted by Gasteiger charge is -2.28. The molecular formula is C25H28N10O. The number of aromatic nitrogens is 4. The van der Waals surface area contributed by atoms with Crippen LogP contribution in [0, 0.1) is 34.5 Å². The molecule has 2 aliphatic rings. The van der Waals surface area contributed by atoms with Crippen molar-refractivity contribution in [3.8, 4) is 18.0 Å². The molecule has 11 nitrogen and oxygen atoms in total. The van der Waals surface area contributed by atoms with Crippen LogP contribution in [0.25, 0.3) is 16.9 Å². The van der Waals surface area contributed by atoms with Crippen molar-refractivity contribution in [2.24, 2.45) is 11.8 Å². The zero-order valence-corrected chi connectivity index (χ0v) is 20.0. The Bertz CT molecular complexity index is 1360. The topological polar surface area (TPSA) is 151 Å². The van der Waals surface area contributed by atoms with Gasteiger partial charge in [0.05, 0.1) is 29.7 Å². The molecule has 0 amide bonds. The normalized spacial score (nSPS) is 20.3. The van der Waals surface area contributed by atoms with Crippen molar-refractivity contribution < 1.29 is 5.11 Å². The molecule has 0 bridgehead atoms. The monoisotopic (exact) mass is 484 g/mol. The van der Waals surface area contributed by atoms with Gasteiger partial charge in [-0.2, -0.15) is 20.3 Å². The van der Waals surface area contributed by atoms with E-state index >= 15 is 0 Å². The Morgan fingerprint density at radius 1 is 1.17 bits per heavy atom. The second-order valence-corrected chi connectivity index (χ2v) is 9.28. The molecule has 11 heteroatoms. The van der Waals surface area contributed by atoms with Gasteiger partial charge in [-0.15, -0.1) is 5.53 Å². The molecule has 0 aromatic carbocycles. The molecule has 1 atom stereocenters. The third-order valence-corrected chi connectivity index (χ3v) is 6.86. The highest BCUT2D eigenvalue weighted by molar-refractivity contribution is 5.78. The van der Waals surface area contributed by atoms with E-state index in [4.69, 9.17) is 5.26 Å². The standard InChI is InChI=1S/C25H28N10O/c1-16(10-26)31-21-9-24(35-25-20(13-30-35)8-18(11-27)12-29-25)28-14-23(21)34-15-22(32-33-34)19-4-2-17(3-5-19)6-7-36/h8-9,12-17,19,32-33,36H,2-7H2,1H3,(H,28,31)/t16-,17?,19?/m1/s1. The average Bonchev–Trinajstić information content (AvgIpc) is 3.56. The molecule has 0 radical (unpaired) electrons. The summed E-state index contributed by atoms with van der Waals surface area (Å²) in [6.07, 6.45) is 12.2. The van der Waals surface area contributed by atoms with E-state index in [0.717, 1.165) is 48.9 Å². The zero-order chi connectivity index (χ0) is 25.1. The highest BCUT2D eigenvalue weighted by Crippen LogP contribution is 2.36. The molecule has 3 aromatic rings. The van der Waals surface area contributed by atoms with E-state index < -0.39 is 6.04 Å². The lowest BCUT2D eigenvalue weighted by Crippen LogP contribution is -2.38. The first-order valence-electron chi connectivity index (χ1n) is 12.1. The number of nitrogens with one attached hydrogen (secondary N) is 3. The van der Waals surface area contributed by atoms with Gasteiger partial charge < -0.3 is 15.8 Å². The number of nitriles is 2. The molecule has 0 saturated heterocycles. The van der Waals surface area contributed by atoms with Crippen molar-refractivity contribution in [2.75, 3.05) is 16.9 Å². The van der Waals surface area contributed by atoms with Crippen LogP contribution in [0.5, 0.6) is 0 Å². The van der Waals surface area contributed by atoms with Crippen molar-refractivity contribution in [3.05, 3.63) is 48.2 Å². The summed E-state index contributed by atoms with van der Waals surface area (Å²) >= 11 is 0. The van der Waals surface area contributed by atoms with E-state index in [-0.39, 0.29) is 6.61 Å². The first-order valence-corrected chi connectivity index (χ1v) is 12.1. The van der Waals surface area contributed by atoms with E-state index in [2.05, 4.69) is 43.5 Å². The minimum atomic E-state index is -0.425. The van der Waals surface area contributed by atoms with Gasteiger partial charge in [-0.3, -0.25) is 5.01 Å². The summed E-state index contributed by atoms with van der Waals surface area (Å²) in [5, 5.41) is 38.1. The molecule has 0 spiro atoms. The molecule has 4 heterocycles. The Balaban J connectivity index is 1.43. The minimum absolute atomic E-state index is 0.261. The number of aliphatic hydroxyl groups excluding tert-OH is 1. The predicted molar refractivity (Wildman–Crippen MR) is 134 cm³/mol. The van der Waals surface area contributed by atoms with Crippen LogP contribution in [0.2, 0.25) is 0 Å². The van der Waals surface area contributed by atoms with E-state index in [1.165, 1.54) is 6.20 Å². The lowest BCUT2D eigenvalue weighted by atomic mass is 9.79. The summed E-state index contributed by atoms with van der Waals surface area (Å²) in [6.45, 7) is 2.05. The smallest absolute Gasteiger partial charge is 0.164 e. The first-order chi connectivity index (χ1) is 17.6. The van der Waals surface area contributed by atoms with Crippen LogP contribution in [0.3, 0.4) is 0 Å². The van der Waals surface area contributed by atoms with E-state index in [9.17, 15) is 10.4 Å². The van der Waals surface area contributed by atoms with Gasteiger partial charge in [0.25, 0.3) is 0 Å². The van der Waals surface area contributed by atoms with Gasteiger partial charge in [-0.05, 0) is 51.0 Å². The summed E-state index contributed by atoms with van der Waals surface area (Å²) in [7, 11) is 0. The van der Waals surface area contributed by atoms with Gasteiger partial charge in [0, 0.05) is 42.1 Å². The number of nitrogens with zero attached hydrogens (tertiary/aromatic N) is 7. The van der Waals surface area contributed by atoms with Crippen LogP contribution in [0.1, 0.15) is 44.6 Å². The molecule has 0 unspecified atom stereocenters.